The molecule has 3 atom stereocenters. The van der Waals surface area contributed by atoms with Gasteiger partial charge in [-0.2, -0.15) is 0 Å². The minimum Gasteiger partial charge on any atom is -0.370 e. The number of hydrogen-bond donors (Lipinski definition) is 2. The number of para-hydroxylation sites is 1. The maximum atomic E-state index is 13.9. The first-order valence-electron chi connectivity index (χ1n) is 16.6. The predicted octanol–water partition coefficient (Wildman–Crippen LogP) is 5.01. The molecule has 1 aliphatic heterocycles. The summed E-state index contributed by atoms with van der Waals surface area (Å²) in [5.41, 5.74) is 4.70. The lowest BCUT2D eigenvalue weighted by atomic mass is 9.98. The highest BCUT2D eigenvalue weighted by Crippen LogP contribution is 2.25. The molecule has 0 radical (unpaired) electrons. The molecule has 46 heavy (non-hydrogen) atoms. The van der Waals surface area contributed by atoms with Crippen molar-refractivity contribution in [3.8, 4) is 0 Å². The number of rotatable bonds is 18. The first kappa shape index (κ1) is 34.9. The lowest BCUT2D eigenvalue weighted by Gasteiger charge is -2.27. The van der Waals surface area contributed by atoms with Gasteiger partial charge in [0.1, 0.15) is 6.10 Å². The fourth-order valence-corrected chi connectivity index (χ4v) is 5.99. The molecular weight excluding hydrogens is 576 g/mol. The maximum Gasteiger partial charge on any atom is 0.249 e. The second-order valence-electron chi connectivity index (χ2n) is 12.9. The van der Waals surface area contributed by atoms with Crippen molar-refractivity contribution in [2.45, 2.75) is 65.3 Å². The van der Waals surface area contributed by atoms with Crippen molar-refractivity contribution in [2.75, 3.05) is 37.6 Å². The monoisotopic (exact) mass is 626 g/mol. The Bertz CT molecular complexity index is 1370. The molecule has 4 rings (SSSR count). The fraction of sp³-hybridized carbons (Fsp3) is 0.447. The van der Waals surface area contributed by atoms with E-state index in [1.54, 1.807) is 0 Å². The number of carbonyl (C=O) groups is 3. The number of nitrogens with one attached hydrogen (secondary N) is 2. The number of Topliss-reactive ketones (excluding diaryl/α,β-unsaturated/α-hetero) is 1. The van der Waals surface area contributed by atoms with Crippen LogP contribution in [-0.2, 0) is 38.7 Å². The van der Waals surface area contributed by atoms with Crippen LogP contribution >= 0.6 is 0 Å². The zero-order valence-corrected chi connectivity index (χ0v) is 27.6. The number of fused-ring (bicyclic) bond motifs is 1. The van der Waals surface area contributed by atoms with Gasteiger partial charge in [-0.15, -0.1) is 0 Å². The Morgan fingerprint density at radius 1 is 0.870 bits per heavy atom. The maximum absolute atomic E-state index is 13.9. The van der Waals surface area contributed by atoms with Crippen LogP contribution in [0.2, 0.25) is 0 Å². The van der Waals surface area contributed by atoms with Crippen LogP contribution in [0.4, 0.5) is 5.69 Å². The summed E-state index contributed by atoms with van der Waals surface area (Å²) in [6.07, 6.45) is 1.83. The van der Waals surface area contributed by atoms with E-state index >= 15 is 0 Å². The zero-order valence-electron chi connectivity index (χ0n) is 27.6. The number of anilines is 1. The molecule has 0 spiro atoms. The van der Waals surface area contributed by atoms with Crippen molar-refractivity contribution in [1.82, 2.24) is 15.5 Å². The lowest BCUT2D eigenvalue weighted by molar-refractivity contribution is -0.138. The van der Waals surface area contributed by atoms with Gasteiger partial charge in [-0.25, -0.2) is 0 Å². The average Bonchev–Trinajstić information content (AvgIpc) is 3.23. The number of hydrogen-bond acceptors (Lipinski definition) is 6. The van der Waals surface area contributed by atoms with Crippen LogP contribution in [0.15, 0.2) is 84.9 Å². The summed E-state index contributed by atoms with van der Waals surface area (Å²) in [5, 5.41) is 5.77. The Labute approximate surface area is 274 Å². The highest BCUT2D eigenvalue weighted by atomic mass is 16.5. The Hall–Kier alpha value is -4.01. The van der Waals surface area contributed by atoms with Crippen LogP contribution in [0, 0.1) is 11.8 Å². The third-order valence-electron chi connectivity index (χ3n) is 8.47. The quantitative estimate of drug-likeness (QED) is 0.193. The van der Waals surface area contributed by atoms with Gasteiger partial charge in [0, 0.05) is 38.4 Å². The molecule has 8 nitrogen and oxygen atoms in total. The van der Waals surface area contributed by atoms with Gasteiger partial charge in [-0.3, -0.25) is 19.3 Å². The molecule has 2 N–H and O–H groups in total. The second kappa shape index (κ2) is 18.2. The van der Waals surface area contributed by atoms with Crippen molar-refractivity contribution in [1.29, 1.82) is 0 Å². The van der Waals surface area contributed by atoms with Crippen molar-refractivity contribution in [2.24, 2.45) is 11.8 Å². The molecule has 1 aliphatic rings. The van der Waals surface area contributed by atoms with Crippen molar-refractivity contribution in [3.05, 3.63) is 102 Å². The van der Waals surface area contributed by atoms with E-state index in [2.05, 4.69) is 82.8 Å². The third kappa shape index (κ3) is 11.1. The van der Waals surface area contributed by atoms with Crippen LogP contribution in [0.1, 0.15) is 50.3 Å². The SMILES string of the molecule is CC(C)C[C@H](NC(=O)[C@H](CC(C)CNC=O)OCc1ccccc1)C(=O)CN1CCN(CCc2ccccc2)c2ccccc2C1. The van der Waals surface area contributed by atoms with Gasteiger partial charge in [0.15, 0.2) is 5.78 Å². The molecule has 1 unspecified atom stereocenters. The zero-order chi connectivity index (χ0) is 32.7. The standard InChI is InChI=1S/C38H50N4O4/c1-29(2)22-34(40-38(45)37(23-30(3)24-39-28-43)46-27-32-14-8-5-9-15-32)36(44)26-41-20-21-42(19-18-31-12-6-4-7-13-31)35-17-11-10-16-33(35)25-41/h4-17,28-30,34,37H,18-27H2,1-3H3,(H,39,43)(H,40,45)/t30?,34-,37-/m0/s1. The van der Waals surface area contributed by atoms with Crippen LogP contribution in [0.5, 0.6) is 0 Å². The van der Waals surface area contributed by atoms with E-state index in [4.69, 9.17) is 4.74 Å². The summed E-state index contributed by atoms with van der Waals surface area (Å²) in [6, 6.07) is 28.1. The van der Waals surface area contributed by atoms with Crippen molar-refractivity contribution in [3.63, 3.8) is 0 Å². The van der Waals surface area contributed by atoms with Crippen molar-refractivity contribution < 1.29 is 19.1 Å². The Kier molecular flexibility index (Phi) is 13.8. The highest BCUT2D eigenvalue weighted by Gasteiger charge is 2.30. The number of carbonyl (C=O) groups excluding carboxylic acids is 3. The predicted molar refractivity (Wildman–Crippen MR) is 183 cm³/mol. The van der Waals surface area contributed by atoms with E-state index in [9.17, 15) is 14.4 Å². The van der Waals surface area contributed by atoms with E-state index in [0.29, 0.717) is 32.3 Å². The van der Waals surface area contributed by atoms with Gasteiger partial charge >= 0.3 is 0 Å². The van der Waals surface area contributed by atoms with Crippen LogP contribution in [-0.4, -0.2) is 67.9 Å². The Balaban J connectivity index is 1.42. The van der Waals surface area contributed by atoms with E-state index in [1.807, 2.05) is 43.3 Å². The summed E-state index contributed by atoms with van der Waals surface area (Å²) in [5.74, 6) is -0.0547. The first-order valence-corrected chi connectivity index (χ1v) is 16.6. The minimum absolute atomic E-state index is 0.00902. The average molecular weight is 627 g/mol. The molecular formula is C38H50N4O4. The molecule has 0 aromatic heterocycles. The normalized spacial score (nSPS) is 15.3. The number of ketones is 1. The van der Waals surface area contributed by atoms with Crippen LogP contribution in [0.3, 0.4) is 0 Å². The molecule has 3 aromatic carbocycles. The molecule has 8 heteroatoms. The first-order chi connectivity index (χ1) is 22.3. The highest BCUT2D eigenvalue weighted by molar-refractivity contribution is 5.91. The summed E-state index contributed by atoms with van der Waals surface area (Å²) in [7, 11) is 0. The number of ether oxygens (including phenoxy) is 1. The van der Waals surface area contributed by atoms with Gasteiger partial charge in [0.05, 0.1) is 19.2 Å². The summed E-state index contributed by atoms with van der Waals surface area (Å²) < 4.78 is 6.14. The molecule has 0 bridgehead atoms. The Morgan fingerprint density at radius 3 is 2.24 bits per heavy atom. The van der Waals surface area contributed by atoms with Gasteiger partial charge in [-0.05, 0) is 53.9 Å². The van der Waals surface area contributed by atoms with Crippen LogP contribution < -0.4 is 15.5 Å². The number of amides is 2. The van der Waals surface area contributed by atoms with Crippen LogP contribution in [0.25, 0.3) is 0 Å². The molecule has 0 fully saturated rings. The second-order valence-corrected chi connectivity index (χ2v) is 12.9. The summed E-state index contributed by atoms with van der Waals surface area (Å²) >= 11 is 0. The van der Waals surface area contributed by atoms with Crippen molar-refractivity contribution >= 4 is 23.8 Å². The van der Waals surface area contributed by atoms with Gasteiger partial charge in [-0.1, -0.05) is 99.6 Å². The van der Waals surface area contributed by atoms with E-state index in [-0.39, 0.29) is 36.7 Å². The van der Waals surface area contributed by atoms with E-state index < -0.39 is 12.1 Å². The summed E-state index contributed by atoms with van der Waals surface area (Å²) in [4.78, 5) is 43.1. The molecule has 0 aliphatic carbocycles. The third-order valence-corrected chi connectivity index (χ3v) is 8.47. The Morgan fingerprint density at radius 2 is 1.54 bits per heavy atom. The summed E-state index contributed by atoms with van der Waals surface area (Å²) in [6.45, 7) is 10.2. The number of benzene rings is 3. The van der Waals surface area contributed by atoms with Gasteiger partial charge in [0.25, 0.3) is 0 Å². The minimum atomic E-state index is -0.755. The number of nitrogens with zero attached hydrogens (tertiary/aromatic N) is 2. The lowest BCUT2D eigenvalue weighted by Crippen LogP contribution is -2.50. The molecule has 3 aromatic rings. The van der Waals surface area contributed by atoms with Gasteiger partial charge in [0.2, 0.25) is 12.3 Å². The van der Waals surface area contributed by atoms with E-state index in [1.165, 1.54) is 16.8 Å². The largest absolute Gasteiger partial charge is 0.370 e. The topological polar surface area (TPSA) is 91.0 Å². The molecule has 1 heterocycles. The smallest absolute Gasteiger partial charge is 0.249 e. The molecule has 0 saturated carbocycles. The molecule has 2 amide bonds. The molecule has 246 valence electrons. The molecule has 0 saturated heterocycles. The van der Waals surface area contributed by atoms with E-state index in [0.717, 1.165) is 31.6 Å². The fourth-order valence-electron chi connectivity index (χ4n) is 5.99. The van der Waals surface area contributed by atoms with Gasteiger partial charge < -0.3 is 20.3 Å².